The molecule has 7 nitrogen and oxygen atoms in total. The molecule has 1 heterocycles. The van der Waals surface area contributed by atoms with E-state index in [-0.39, 0.29) is 36.5 Å². The van der Waals surface area contributed by atoms with E-state index in [1.165, 1.54) is 29.2 Å². The number of hydrogen-bond donors (Lipinski definition) is 1. The Morgan fingerprint density at radius 2 is 1.76 bits per heavy atom. The number of rotatable bonds is 12. The van der Waals surface area contributed by atoms with E-state index >= 15 is 0 Å². The van der Waals surface area contributed by atoms with Crippen molar-refractivity contribution < 1.29 is 27.1 Å². The lowest BCUT2D eigenvalue weighted by molar-refractivity contribution is 0.0651. The third kappa shape index (κ3) is 6.06. The first kappa shape index (κ1) is 24.6. The van der Waals surface area contributed by atoms with Gasteiger partial charge in [0, 0.05) is 12.6 Å². The molecule has 1 N–H and O–H groups in total. The molecule has 3 rings (SSSR count). The zero-order valence-electron chi connectivity index (χ0n) is 18.4. The number of sulfonamides is 1. The molecule has 2 amide bonds. The van der Waals surface area contributed by atoms with Gasteiger partial charge < -0.3 is 4.74 Å². The molecule has 0 bridgehead atoms. The summed E-state index contributed by atoms with van der Waals surface area (Å²) >= 11 is 0. The van der Waals surface area contributed by atoms with Gasteiger partial charge in [-0.05, 0) is 49.6 Å². The minimum Gasteiger partial charge on any atom is -0.486 e. The average Bonchev–Trinajstić information content (AvgIpc) is 3.03. The van der Waals surface area contributed by atoms with Gasteiger partial charge in [-0.1, -0.05) is 37.3 Å². The van der Waals surface area contributed by atoms with Gasteiger partial charge in [0.1, 0.15) is 6.61 Å². The smallest absolute Gasteiger partial charge is 0.261 e. The van der Waals surface area contributed by atoms with Crippen LogP contribution in [0.4, 0.5) is 4.39 Å². The fourth-order valence-corrected chi connectivity index (χ4v) is 5.00. The fraction of sp³-hybridized carbons (Fsp3) is 0.333. The van der Waals surface area contributed by atoms with Crippen molar-refractivity contribution in [1.29, 1.82) is 0 Å². The van der Waals surface area contributed by atoms with Gasteiger partial charge in [-0.15, -0.1) is 0 Å². The van der Waals surface area contributed by atoms with Crippen LogP contribution < -0.4 is 9.46 Å². The largest absolute Gasteiger partial charge is 0.486 e. The number of nitrogens with one attached hydrogen (secondary N) is 1. The minimum atomic E-state index is -3.58. The summed E-state index contributed by atoms with van der Waals surface area (Å²) in [6, 6.07) is 10.3. The topological polar surface area (TPSA) is 92.8 Å². The van der Waals surface area contributed by atoms with Crippen LogP contribution in [0.25, 0.3) is 0 Å². The fourth-order valence-electron chi connectivity index (χ4n) is 3.63. The predicted molar refractivity (Wildman–Crippen MR) is 123 cm³/mol. The molecule has 0 aliphatic carbocycles. The number of nitrogens with zero attached hydrogens (tertiary/aromatic N) is 1. The maximum Gasteiger partial charge on any atom is 0.261 e. The van der Waals surface area contributed by atoms with E-state index in [0.717, 1.165) is 0 Å². The molecule has 1 atom stereocenters. The van der Waals surface area contributed by atoms with Crippen LogP contribution in [-0.4, -0.2) is 44.0 Å². The van der Waals surface area contributed by atoms with E-state index in [0.29, 0.717) is 36.0 Å². The van der Waals surface area contributed by atoms with Crippen molar-refractivity contribution in [2.75, 3.05) is 18.9 Å². The highest BCUT2D eigenvalue weighted by Gasteiger charge is 2.34. The van der Waals surface area contributed by atoms with Crippen LogP contribution in [0.2, 0.25) is 0 Å². The van der Waals surface area contributed by atoms with Crippen molar-refractivity contribution in [3.63, 3.8) is 0 Å². The van der Waals surface area contributed by atoms with Crippen LogP contribution >= 0.6 is 0 Å². The molecule has 33 heavy (non-hydrogen) atoms. The van der Waals surface area contributed by atoms with Crippen LogP contribution in [-0.2, 0) is 10.0 Å². The molecule has 176 valence electrons. The van der Waals surface area contributed by atoms with Crippen molar-refractivity contribution in [1.82, 2.24) is 9.62 Å². The van der Waals surface area contributed by atoms with E-state index in [9.17, 15) is 22.4 Å². The zero-order chi connectivity index (χ0) is 24.0. The Bertz CT molecular complexity index is 1110. The molecule has 0 spiro atoms. The highest BCUT2D eigenvalue weighted by Crippen LogP contribution is 2.24. The average molecular weight is 475 g/mol. The summed E-state index contributed by atoms with van der Waals surface area (Å²) < 4.78 is 46.6. The summed E-state index contributed by atoms with van der Waals surface area (Å²) in [5.41, 5.74) is 1.38. The van der Waals surface area contributed by atoms with Gasteiger partial charge in [0.2, 0.25) is 10.0 Å². The highest BCUT2D eigenvalue weighted by atomic mass is 32.2. The third-order valence-electron chi connectivity index (χ3n) is 5.34. The second kappa shape index (κ2) is 10.7. The summed E-state index contributed by atoms with van der Waals surface area (Å²) in [6.07, 6.45) is 2.92. The Balaban J connectivity index is 1.46. The normalized spacial score (nSPS) is 14.3. The molecule has 0 unspecified atom stereocenters. The maximum absolute atomic E-state index is 13.8. The Hall–Kier alpha value is -3.04. The quantitative estimate of drug-likeness (QED) is 0.287. The number of unbranched alkanes of at least 4 members (excludes halogenated alkanes) is 2. The summed E-state index contributed by atoms with van der Waals surface area (Å²) in [5, 5.41) is 0. The summed E-state index contributed by atoms with van der Waals surface area (Å²) in [7, 11) is -3.58. The molecule has 2 aromatic rings. The predicted octanol–water partition coefficient (Wildman–Crippen LogP) is 3.84. The first-order valence-corrected chi connectivity index (χ1v) is 12.4. The molecule has 2 aromatic carbocycles. The van der Waals surface area contributed by atoms with Crippen molar-refractivity contribution in [2.45, 2.75) is 32.2 Å². The van der Waals surface area contributed by atoms with Gasteiger partial charge in [-0.2, -0.15) is 0 Å². The molecule has 1 aliphatic heterocycles. The maximum atomic E-state index is 13.8. The Kier molecular flexibility index (Phi) is 7.99. The molecule has 0 radical (unpaired) electrons. The monoisotopic (exact) mass is 474 g/mol. The SMILES string of the molecule is C=CCOc1cc([C@H](C)NS(=O)(=O)CCCCCN2C(=O)c3ccccc3C2=O)ccc1F. The van der Waals surface area contributed by atoms with Gasteiger partial charge >= 0.3 is 0 Å². The van der Waals surface area contributed by atoms with E-state index < -0.39 is 21.9 Å². The summed E-state index contributed by atoms with van der Waals surface area (Å²) in [5.74, 6) is -1.22. The van der Waals surface area contributed by atoms with E-state index in [4.69, 9.17) is 4.74 Å². The number of benzene rings is 2. The third-order valence-corrected chi connectivity index (χ3v) is 6.88. The molecular formula is C24H27FN2O5S. The van der Waals surface area contributed by atoms with E-state index in [1.54, 1.807) is 31.2 Å². The van der Waals surface area contributed by atoms with Crippen LogP contribution in [0.5, 0.6) is 5.75 Å². The number of carbonyl (C=O) groups excluding carboxylic acids is 2. The molecule has 0 saturated carbocycles. The molecular weight excluding hydrogens is 447 g/mol. The molecule has 1 aliphatic rings. The van der Waals surface area contributed by atoms with Crippen LogP contribution in [0.15, 0.2) is 55.1 Å². The lowest BCUT2D eigenvalue weighted by Gasteiger charge is -2.16. The molecule has 0 fully saturated rings. The number of halogens is 1. The van der Waals surface area contributed by atoms with Crippen LogP contribution in [0, 0.1) is 5.82 Å². The van der Waals surface area contributed by atoms with Crippen molar-refractivity contribution >= 4 is 21.8 Å². The Morgan fingerprint density at radius 3 is 2.39 bits per heavy atom. The number of fused-ring (bicyclic) bond motifs is 1. The van der Waals surface area contributed by atoms with Crippen LogP contribution in [0.3, 0.4) is 0 Å². The molecule has 0 saturated heterocycles. The molecule has 9 heteroatoms. The van der Waals surface area contributed by atoms with Crippen LogP contribution in [0.1, 0.15) is 58.5 Å². The number of carbonyl (C=O) groups is 2. The van der Waals surface area contributed by atoms with Gasteiger partial charge in [0.05, 0.1) is 16.9 Å². The second-order valence-electron chi connectivity index (χ2n) is 7.82. The van der Waals surface area contributed by atoms with Crippen molar-refractivity contribution in [3.05, 3.63) is 77.6 Å². The van der Waals surface area contributed by atoms with Crippen molar-refractivity contribution in [3.8, 4) is 5.75 Å². The number of hydrogen-bond acceptors (Lipinski definition) is 5. The lowest BCUT2D eigenvalue weighted by Crippen LogP contribution is -2.31. The van der Waals surface area contributed by atoms with E-state index in [1.807, 2.05) is 0 Å². The standard InChI is InChI=1S/C24H27FN2O5S/c1-3-14-32-22-16-18(11-12-21(22)25)17(2)26-33(30,31)15-8-4-7-13-27-23(28)19-9-5-6-10-20(19)24(27)29/h3,5-6,9-12,16-17,26H,1,4,7-8,13-15H2,2H3/t17-/m0/s1. The zero-order valence-corrected chi connectivity index (χ0v) is 19.2. The summed E-state index contributed by atoms with van der Waals surface area (Å²) in [4.78, 5) is 25.9. The summed E-state index contributed by atoms with van der Waals surface area (Å²) in [6.45, 7) is 5.58. The Morgan fingerprint density at radius 1 is 1.09 bits per heavy atom. The highest BCUT2D eigenvalue weighted by molar-refractivity contribution is 7.89. The van der Waals surface area contributed by atoms with Gasteiger partial charge in [0.15, 0.2) is 11.6 Å². The van der Waals surface area contributed by atoms with Gasteiger partial charge in [0.25, 0.3) is 11.8 Å². The lowest BCUT2D eigenvalue weighted by atomic mass is 10.1. The van der Waals surface area contributed by atoms with Gasteiger partial charge in [-0.25, -0.2) is 17.5 Å². The number of imide groups is 1. The number of ether oxygens (including phenoxy) is 1. The minimum absolute atomic E-state index is 0.0339. The first-order chi connectivity index (χ1) is 15.7. The first-order valence-electron chi connectivity index (χ1n) is 10.7. The van der Waals surface area contributed by atoms with E-state index in [2.05, 4.69) is 11.3 Å². The van der Waals surface area contributed by atoms with Gasteiger partial charge in [-0.3, -0.25) is 14.5 Å². The van der Waals surface area contributed by atoms with Crippen molar-refractivity contribution in [2.24, 2.45) is 0 Å². The molecule has 0 aromatic heterocycles. The number of amides is 2. The Labute approximate surface area is 193 Å². The second-order valence-corrected chi connectivity index (χ2v) is 9.69.